The smallest absolute Gasteiger partial charge is 0.209 e. The minimum atomic E-state index is -0.484. The molecule has 2 aromatic carbocycles. The van der Waals surface area contributed by atoms with Crippen LogP contribution in [0.15, 0.2) is 53.9 Å². The van der Waals surface area contributed by atoms with Crippen LogP contribution in [0.25, 0.3) is 16.6 Å². The van der Waals surface area contributed by atoms with E-state index in [4.69, 9.17) is 4.74 Å². The number of hydrogen-bond acceptors (Lipinski definition) is 6. The maximum Gasteiger partial charge on any atom is 0.209 e. The second kappa shape index (κ2) is 6.72. The molecule has 0 saturated carbocycles. The Morgan fingerprint density at radius 2 is 2.12 bits per heavy atom. The van der Waals surface area contributed by atoms with Gasteiger partial charge in [0.15, 0.2) is 11.4 Å². The van der Waals surface area contributed by atoms with E-state index >= 15 is 0 Å². The summed E-state index contributed by atoms with van der Waals surface area (Å²) in [5, 5.41) is 5.67. The molecule has 0 unspecified atom stereocenters. The summed E-state index contributed by atoms with van der Waals surface area (Å²) in [7, 11) is 1.44. The third kappa shape index (κ3) is 2.99. The number of Topliss-reactive ketones (excluding diaryl/α,β-unsaturated/α-hetero) is 1. The van der Waals surface area contributed by atoms with E-state index in [1.165, 1.54) is 37.1 Å². The average molecular weight is 368 g/mol. The molecule has 26 heavy (non-hydrogen) atoms. The van der Waals surface area contributed by atoms with Crippen LogP contribution in [0.5, 0.6) is 5.75 Å². The Labute approximate surface area is 152 Å². The summed E-state index contributed by atoms with van der Waals surface area (Å²) in [6.07, 6.45) is 1.59. The van der Waals surface area contributed by atoms with Crippen LogP contribution in [0.3, 0.4) is 0 Å². The number of carbonyl (C=O) groups is 1. The molecule has 4 aromatic rings. The van der Waals surface area contributed by atoms with Crippen molar-refractivity contribution in [1.82, 2.24) is 19.6 Å². The molecule has 4 rings (SSSR count). The lowest BCUT2D eigenvalue weighted by Gasteiger charge is -2.06. The van der Waals surface area contributed by atoms with Gasteiger partial charge in [0.25, 0.3) is 0 Å². The van der Waals surface area contributed by atoms with Gasteiger partial charge in [-0.15, -0.1) is 5.10 Å². The molecule has 0 aliphatic heterocycles. The zero-order valence-corrected chi connectivity index (χ0v) is 14.5. The van der Waals surface area contributed by atoms with E-state index in [9.17, 15) is 9.18 Å². The number of hydrogen-bond donors (Lipinski definition) is 0. The summed E-state index contributed by atoms with van der Waals surface area (Å²) >= 11 is 1.18. The monoisotopic (exact) mass is 368 g/mol. The van der Waals surface area contributed by atoms with E-state index < -0.39 is 5.82 Å². The molecular formula is C18H13FN4O2S. The van der Waals surface area contributed by atoms with Gasteiger partial charge in [-0.2, -0.15) is 0 Å². The van der Waals surface area contributed by atoms with Crippen molar-refractivity contribution < 1.29 is 13.9 Å². The Morgan fingerprint density at radius 3 is 2.96 bits per heavy atom. The highest BCUT2D eigenvalue weighted by Gasteiger charge is 2.16. The number of halogens is 1. The first-order valence-electron chi connectivity index (χ1n) is 7.75. The maximum atomic E-state index is 13.4. The standard InChI is InChI=1S/C18H13FN4O2S/c1-25-16-7-6-11(19)8-13(16)15(24)9-26-18-21-17-12-4-2-3-5-14(12)20-10-23(17)22-18/h2-8,10H,9H2,1H3. The molecule has 0 spiro atoms. The molecule has 0 bridgehead atoms. The van der Waals surface area contributed by atoms with Gasteiger partial charge >= 0.3 is 0 Å². The van der Waals surface area contributed by atoms with Crippen LogP contribution in [-0.4, -0.2) is 38.2 Å². The van der Waals surface area contributed by atoms with Crippen LogP contribution < -0.4 is 4.74 Å². The highest BCUT2D eigenvalue weighted by atomic mass is 32.2. The van der Waals surface area contributed by atoms with Gasteiger partial charge in [0.05, 0.1) is 23.9 Å². The lowest BCUT2D eigenvalue weighted by atomic mass is 10.1. The fourth-order valence-electron chi connectivity index (χ4n) is 2.63. The summed E-state index contributed by atoms with van der Waals surface area (Å²) in [6.45, 7) is 0. The van der Waals surface area contributed by atoms with Gasteiger partial charge in [0, 0.05) is 5.39 Å². The fourth-order valence-corrected chi connectivity index (χ4v) is 3.34. The van der Waals surface area contributed by atoms with E-state index in [-0.39, 0.29) is 17.1 Å². The summed E-state index contributed by atoms with van der Waals surface area (Å²) in [6, 6.07) is 11.5. The number of para-hydroxylation sites is 1. The lowest BCUT2D eigenvalue weighted by molar-refractivity contribution is 0.101. The van der Waals surface area contributed by atoms with Gasteiger partial charge in [-0.05, 0) is 30.3 Å². The Balaban J connectivity index is 1.59. The first-order valence-corrected chi connectivity index (χ1v) is 8.74. The Morgan fingerprint density at radius 1 is 1.27 bits per heavy atom. The second-order valence-electron chi connectivity index (χ2n) is 5.48. The Kier molecular flexibility index (Phi) is 4.26. The molecule has 0 radical (unpaired) electrons. The van der Waals surface area contributed by atoms with E-state index in [1.807, 2.05) is 24.3 Å². The molecule has 0 aliphatic carbocycles. The molecule has 2 aromatic heterocycles. The van der Waals surface area contributed by atoms with Crippen LogP contribution >= 0.6 is 11.8 Å². The molecule has 0 fully saturated rings. The van der Waals surface area contributed by atoms with Crippen LogP contribution in [0.2, 0.25) is 0 Å². The van der Waals surface area contributed by atoms with E-state index in [0.29, 0.717) is 16.6 Å². The molecule has 0 amide bonds. The number of rotatable bonds is 5. The van der Waals surface area contributed by atoms with Crippen molar-refractivity contribution in [2.45, 2.75) is 5.16 Å². The zero-order chi connectivity index (χ0) is 18.1. The highest BCUT2D eigenvalue weighted by molar-refractivity contribution is 7.99. The summed E-state index contributed by atoms with van der Waals surface area (Å²) in [5.74, 6) is -0.326. The lowest BCUT2D eigenvalue weighted by Crippen LogP contribution is -2.06. The summed E-state index contributed by atoms with van der Waals surface area (Å²) < 4.78 is 20.2. The molecule has 0 aliphatic rings. The number of benzene rings is 2. The van der Waals surface area contributed by atoms with Gasteiger partial charge in [-0.25, -0.2) is 18.9 Å². The molecule has 6 nitrogen and oxygen atoms in total. The molecule has 8 heteroatoms. The van der Waals surface area contributed by atoms with Crippen molar-refractivity contribution in [3.8, 4) is 5.75 Å². The van der Waals surface area contributed by atoms with Gasteiger partial charge in [-0.3, -0.25) is 4.79 Å². The van der Waals surface area contributed by atoms with Gasteiger partial charge in [0.2, 0.25) is 5.16 Å². The van der Waals surface area contributed by atoms with E-state index in [2.05, 4.69) is 15.1 Å². The predicted molar refractivity (Wildman–Crippen MR) is 96.3 cm³/mol. The minimum Gasteiger partial charge on any atom is -0.496 e. The van der Waals surface area contributed by atoms with Gasteiger partial charge < -0.3 is 4.74 Å². The molecule has 0 N–H and O–H groups in total. The van der Waals surface area contributed by atoms with Crippen LogP contribution in [-0.2, 0) is 0 Å². The number of ether oxygens (including phenoxy) is 1. The van der Waals surface area contributed by atoms with Crippen molar-refractivity contribution in [1.29, 1.82) is 0 Å². The van der Waals surface area contributed by atoms with Crippen LogP contribution in [0.4, 0.5) is 4.39 Å². The number of carbonyl (C=O) groups excluding carboxylic acids is 1. The van der Waals surface area contributed by atoms with Gasteiger partial charge in [-0.1, -0.05) is 23.9 Å². The Bertz CT molecular complexity index is 1130. The fraction of sp³-hybridized carbons (Fsp3) is 0.111. The average Bonchev–Trinajstić information content (AvgIpc) is 3.09. The second-order valence-corrected chi connectivity index (χ2v) is 6.42. The number of methoxy groups -OCH3 is 1. The van der Waals surface area contributed by atoms with Crippen LogP contribution in [0, 0.1) is 5.82 Å². The van der Waals surface area contributed by atoms with E-state index in [0.717, 1.165) is 10.9 Å². The zero-order valence-electron chi connectivity index (χ0n) is 13.7. The third-order valence-corrected chi connectivity index (χ3v) is 4.69. The third-order valence-electron chi connectivity index (χ3n) is 3.86. The Hall–Kier alpha value is -3.00. The number of thioether (sulfide) groups is 1. The first kappa shape index (κ1) is 16.5. The molecule has 2 heterocycles. The number of ketones is 1. The van der Waals surface area contributed by atoms with Crippen molar-refractivity contribution in [3.05, 3.63) is 60.2 Å². The number of nitrogens with zero attached hydrogens (tertiary/aromatic N) is 4. The highest BCUT2D eigenvalue weighted by Crippen LogP contribution is 2.24. The van der Waals surface area contributed by atoms with Gasteiger partial charge in [0.1, 0.15) is 17.9 Å². The van der Waals surface area contributed by atoms with Crippen molar-refractivity contribution >= 4 is 34.1 Å². The topological polar surface area (TPSA) is 69.4 Å². The molecule has 130 valence electrons. The van der Waals surface area contributed by atoms with Crippen molar-refractivity contribution in [2.75, 3.05) is 12.9 Å². The van der Waals surface area contributed by atoms with Crippen molar-refractivity contribution in [3.63, 3.8) is 0 Å². The number of aromatic nitrogens is 4. The molecular weight excluding hydrogens is 355 g/mol. The quantitative estimate of drug-likeness (QED) is 0.397. The number of fused-ring (bicyclic) bond motifs is 3. The molecule has 0 atom stereocenters. The van der Waals surface area contributed by atoms with Crippen LogP contribution in [0.1, 0.15) is 10.4 Å². The summed E-state index contributed by atoms with van der Waals surface area (Å²) in [4.78, 5) is 21.2. The largest absolute Gasteiger partial charge is 0.496 e. The first-order chi connectivity index (χ1) is 12.7. The molecule has 0 saturated heterocycles. The predicted octanol–water partition coefficient (Wildman–Crippen LogP) is 3.40. The maximum absolute atomic E-state index is 13.4. The SMILES string of the molecule is COc1ccc(F)cc1C(=O)CSc1nc2c3ccccc3ncn2n1. The minimum absolute atomic E-state index is 0.0715. The normalized spacial score (nSPS) is 11.2. The van der Waals surface area contributed by atoms with Crippen molar-refractivity contribution in [2.24, 2.45) is 0 Å². The van der Waals surface area contributed by atoms with E-state index in [1.54, 1.807) is 10.8 Å². The summed E-state index contributed by atoms with van der Waals surface area (Å²) in [5.41, 5.74) is 1.70.